The maximum atomic E-state index is 14.6. The zero-order valence-corrected chi connectivity index (χ0v) is 34.8. The van der Waals surface area contributed by atoms with E-state index in [1.165, 1.54) is 66.7 Å². The van der Waals surface area contributed by atoms with Crippen LogP contribution >= 0.6 is 0 Å². The van der Waals surface area contributed by atoms with Gasteiger partial charge in [0.25, 0.3) is 17.7 Å². The summed E-state index contributed by atoms with van der Waals surface area (Å²) in [4.78, 5) is 52.8. The molecule has 0 saturated heterocycles. The molecule has 5 rings (SSSR count). The van der Waals surface area contributed by atoms with Gasteiger partial charge < -0.3 is 26.4 Å². The summed E-state index contributed by atoms with van der Waals surface area (Å²) in [5.74, 6) is -2.62. The molecule has 62 heavy (non-hydrogen) atoms. The minimum atomic E-state index is -5.19. The van der Waals surface area contributed by atoms with E-state index in [0.29, 0.717) is 36.3 Å². The van der Waals surface area contributed by atoms with Crippen molar-refractivity contribution < 1.29 is 50.6 Å². The highest BCUT2D eigenvalue weighted by molar-refractivity contribution is 6.09. The lowest BCUT2D eigenvalue weighted by Gasteiger charge is -2.26. The van der Waals surface area contributed by atoms with Gasteiger partial charge in [-0.2, -0.15) is 26.3 Å². The number of amides is 3. The second-order valence-electron chi connectivity index (χ2n) is 15.7. The third-order valence-corrected chi connectivity index (χ3v) is 10.9. The van der Waals surface area contributed by atoms with Crippen LogP contribution in [0.5, 0.6) is 5.75 Å². The maximum absolute atomic E-state index is 14.6. The molecule has 15 heteroatoms. The standard InChI is InChI=1S/C47H46F6N4O5/c1-7-44(4,5)57-38-26-33(18-21-39(38)58)56-43(62)30-15-11-14-29(23-30)42(61)55-32-17-20-35(37(25-32)47(51,52)53)34-19-16-31(24-36(34)46(48,49)50)54-41(60)28-13-10-12-27(22-28)40(59)45(6,8-2)9-3/h10-26,57-58H,7-9H2,1-6H3,(H,54,60)(H,55,61)(H,56,62). The first-order chi connectivity index (χ1) is 29.0. The van der Waals surface area contributed by atoms with Crippen LogP contribution in [0.15, 0.2) is 103 Å². The molecular formula is C47H46F6N4O5. The van der Waals surface area contributed by atoms with Crippen LogP contribution in [0.4, 0.5) is 49.1 Å². The third-order valence-electron chi connectivity index (χ3n) is 10.9. The van der Waals surface area contributed by atoms with E-state index < -0.39 is 63.4 Å². The van der Waals surface area contributed by atoms with Crippen molar-refractivity contribution in [3.8, 4) is 16.9 Å². The number of phenols is 1. The Kier molecular flexibility index (Phi) is 13.6. The molecule has 0 aromatic heterocycles. The van der Waals surface area contributed by atoms with Gasteiger partial charge in [-0.05, 0) is 117 Å². The molecule has 9 nitrogen and oxygen atoms in total. The fourth-order valence-electron chi connectivity index (χ4n) is 6.48. The first kappa shape index (κ1) is 46.4. The summed E-state index contributed by atoms with van der Waals surface area (Å²) in [6, 6.07) is 20.2. The zero-order valence-electron chi connectivity index (χ0n) is 34.8. The van der Waals surface area contributed by atoms with Gasteiger partial charge in [0.15, 0.2) is 5.78 Å². The number of aromatic hydroxyl groups is 1. The SMILES string of the molecule is CCC(C)(C)Nc1cc(NC(=O)c2cccc(C(=O)Nc3ccc(-c4ccc(NC(=O)c5cccc(C(=O)C(C)(CC)CC)c5)cc4C(F)(F)F)c(C(F)(F)F)c3)c2)ccc1O. The van der Waals surface area contributed by atoms with Crippen molar-refractivity contribution in [1.82, 2.24) is 0 Å². The van der Waals surface area contributed by atoms with E-state index in [9.17, 15) is 50.6 Å². The summed E-state index contributed by atoms with van der Waals surface area (Å²) < 4.78 is 87.4. The van der Waals surface area contributed by atoms with E-state index in [0.717, 1.165) is 30.7 Å². The highest BCUT2D eigenvalue weighted by Crippen LogP contribution is 2.44. The van der Waals surface area contributed by atoms with Crippen LogP contribution in [0.3, 0.4) is 0 Å². The number of nitrogens with one attached hydrogen (secondary N) is 4. The monoisotopic (exact) mass is 860 g/mol. The molecular weight excluding hydrogens is 815 g/mol. The number of anilines is 4. The molecule has 0 saturated carbocycles. The number of alkyl halides is 6. The molecule has 3 amide bonds. The Morgan fingerprint density at radius 1 is 0.516 bits per heavy atom. The molecule has 5 aromatic carbocycles. The average molecular weight is 861 g/mol. The predicted molar refractivity (Wildman–Crippen MR) is 228 cm³/mol. The van der Waals surface area contributed by atoms with E-state index in [1.54, 1.807) is 6.92 Å². The number of ketones is 1. The zero-order chi connectivity index (χ0) is 45.8. The van der Waals surface area contributed by atoms with Crippen molar-refractivity contribution in [3.63, 3.8) is 0 Å². The number of Topliss-reactive ketones (excluding diaryl/α,β-unsaturated/α-hetero) is 1. The van der Waals surface area contributed by atoms with Gasteiger partial charge in [-0.25, -0.2) is 0 Å². The Bertz CT molecular complexity index is 2510. The molecule has 5 N–H and O–H groups in total. The normalized spacial score (nSPS) is 12.1. The van der Waals surface area contributed by atoms with Gasteiger partial charge in [-0.3, -0.25) is 19.2 Å². The molecule has 0 unspecified atom stereocenters. The Labute approximate surface area is 354 Å². The lowest BCUT2D eigenvalue weighted by Crippen LogP contribution is -2.29. The van der Waals surface area contributed by atoms with E-state index in [2.05, 4.69) is 21.3 Å². The second-order valence-corrected chi connectivity index (χ2v) is 15.7. The fraction of sp³-hybridized carbons (Fsp3) is 0.277. The Morgan fingerprint density at radius 3 is 1.31 bits per heavy atom. The summed E-state index contributed by atoms with van der Waals surface area (Å²) in [6.07, 6.45) is -8.55. The van der Waals surface area contributed by atoms with Crippen molar-refractivity contribution in [2.45, 2.75) is 78.7 Å². The van der Waals surface area contributed by atoms with Crippen molar-refractivity contribution in [3.05, 3.63) is 137 Å². The van der Waals surface area contributed by atoms with Gasteiger partial charge in [0, 0.05) is 50.3 Å². The Hall–Kier alpha value is -6.64. The van der Waals surface area contributed by atoms with Gasteiger partial charge in [-0.1, -0.05) is 58.0 Å². The maximum Gasteiger partial charge on any atom is 0.417 e. The predicted octanol–water partition coefficient (Wildman–Crippen LogP) is 12.5. The number of hydrogen-bond acceptors (Lipinski definition) is 6. The van der Waals surface area contributed by atoms with Gasteiger partial charge in [0.1, 0.15) is 5.75 Å². The highest BCUT2D eigenvalue weighted by atomic mass is 19.4. The largest absolute Gasteiger partial charge is 0.506 e. The number of hydrogen-bond donors (Lipinski definition) is 5. The summed E-state index contributed by atoms with van der Waals surface area (Å²) in [5.41, 5.74) is -5.59. The molecule has 326 valence electrons. The molecule has 0 radical (unpaired) electrons. The number of carbonyl (C=O) groups excluding carboxylic acids is 4. The van der Waals surface area contributed by atoms with Crippen LogP contribution in [-0.2, 0) is 12.4 Å². The summed E-state index contributed by atoms with van der Waals surface area (Å²) in [6.45, 7) is 11.3. The third kappa shape index (κ3) is 10.8. The van der Waals surface area contributed by atoms with Crippen molar-refractivity contribution in [2.75, 3.05) is 21.3 Å². The van der Waals surface area contributed by atoms with E-state index in [4.69, 9.17) is 0 Å². The number of phenolic OH excluding ortho intramolecular Hbond substituents is 1. The van der Waals surface area contributed by atoms with Crippen molar-refractivity contribution in [1.29, 1.82) is 0 Å². The van der Waals surface area contributed by atoms with Crippen LogP contribution in [0, 0.1) is 5.41 Å². The first-order valence-corrected chi connectivity index (χ1v) is 19.7. The molecule has 5 aromatic rings. The van der Waals surface area contributed by atoms with E-state index in [-0.39, 0.29) is 45.0 Å². The number of carbonyl (C=O) groups is 4. The topological polar surface area (TPSA) is 137 Å². The van der Waals surface area contributed by atoms with Crippen molar-refractivity contribution in [2.24, 2.45) is 5.41 Å². The number of benzene rings is 5. The van der Waals surface area contributed by atoms with Crippen LogP contribution in [0.1, 0.15) is 113 Å². The minimum Gasteiger partial charge on any atom is -0.506 e. The Balaban J connectivity index is 1.38. The van der Waals surface area contributed by atoms with Gasteiger partial charge in [0.2, 0.25) is 0 Å². The van der Waals surface area contributed by atoms with Crippen LogP contribution < -0.4 is 21.3 Å². The second kappa shape index (κ2) is 18.1. The van der Waals surface area contributed by atoms with E-state index in [1.807, 2.05) is 34.6 Å². The fourth-order valence-corrected chi connectivity index (χ4v) is 6.48. The van der Waals surface area contributed by atoms with Gasteiger partial charge in [-0.15, -0.1) is 0 Å². The quantitative estimate of drug-likeness (QED) is 0.0326. The number of rotatable bonds is 14. The molecule has 0 heterocycles. The minimum absolute atomic E-state index is 0.0117. The average Bonchev–Trinajstić information content (AvgIpc) is 3.23. The molecule has 0 spiro atoms. The van der Waals surface area contributed by atoms with Gasteiger partial charge in [0.05, 0.1) is 16.8 Å². The van der Waals surface area contributed by atoms with Gasteiger partial charge >= 0.3 is 12.4 Å². The summed E-state index contributed by atoms with van der Waals surface area (Å²) in [7, 11) is 0. The van der Waals surface area contributed by atoms with Crippen LogP contribution in [0.2, 0.25) is 0 Å². The molecule has 0 fully saturated rings. The lowest BCUT2D eigenvalue weighted by molar-refractivity contribution is -0.139. The molecule has 0 aliphatic heterocycles. The van der Waals surface area contributed by atoms with E-state index >= 15 is 0 Å². The van der Waals surface area contributed by atoms with Crippen molar-refractivity contribution >= 4 is 46.3 Å². The first-order valence-electron chi connectivity index (χ1n) is 19.7. The Morgan fingerprint density at radius 2 is 0.903 bits per heavy atom. The number of halogens is 6. The van der Waals surface area contributed by atoms with Crippen LogP contribution in [0.25, 0.3) is 11.1 Å². The molecule has 0 bridgehead atoms. The summed E-state index contributed by atoms with van der Waals surface area (Å²) >= 11 is 0. The summed E-state index contributed by atoms with van der Waals surface area (Å²) in [5, 5.41) is 20.9. The molecule has 0 atom stereocenters. The highest BCUT2D eigenvalue weighted by Gasteiger charge is 2.39. The molecule has 0 aliphatic rings. The smallest absolute Gasteiger partial charge is 0.417 e. The lowest BCUT2D eigenvalue weighted by atomic mass is 9.77. The van der Waals surface area contributed by atoms with Crippen LogP contribution in [-0.4, -0.2) is 34.2 Å². The molecule has 0 aliphatic carbocycles.